The zero-order valence-corrected chi connectivity index (χ0v) is 8.72. The number of Topliss-reactive ketones (excluding diaryl/α,β-unsaturated/α-hetero) is 1. The van der Waals surface area contributed by atoms with Crippen LogP contribution in [0.5, 0.6) is 0 Å². The monoisotopic (exact) mass is 195 g/mol. The maximum absolute atomic E-state index is 11.3. The van der Waals surface area contributed by atoms with Crippen molar-refractivity contribution in [2.24, 2.45) is 0 Å². The lowest BCUT2D eigenvalue weighted by molar-refractivity contribution is 0.0594. The van der Waals surface area contributed by atoms with E-state index in [0.29, 0.717) is 11.4 Å². The fourth-order valence-corrected chi connectivity index (χ4v) is 1.35. The Kier molecular flexibility index (Phi) is 2.74. The molecule has 0 spiro atoms. The number of esters is 1. The van der Waals surface area contributed by atoms with Gasteiger partial charge in [0.2, 0.25) is 0 Å². The number of carbonyl (C=O) groups is 2. The van der Waals surface area contributed by atoms with Crippen molar-refractivity contribution < 1.29 is 14.3 Å². The topological polar surface area (TPSA) is 59.2 Å². The average Bonchev–Trinajstić information content (AvgIpc) is 2.43. The minimum Gasteiger partial charge on any atom is -0.464 e. The molecule has 0 aliphatic carbocycles. The minimum atomic E-state index is -0.446. The third-order valence-corrected chi connectivity index (χ3v) is 2.30. The number of rotatable bonds is 2. The zero-order chi connectivity index (χ0) is 10.9. The molecule has 14 heavy (non-hydrogen) atoms. The SMILES string of the molecule is COC(=O)c1[nH]c(C(C)=O)c(C)c1C. The van der Waals surface area contributed by atoms with Crippen molar-refractivity contribution in [1.29, 1.82) is 0 Å². The van der Waals surface area contributed by atoms with Crippen molar-refractivity contribution in [3.63, 3.8) is 0 Å². The van der Waals surface area contributed by atoms with Crippen LogP contribution in [0.15, 0.2) is 0 Å². The molecule has 4 heteroatoms. The van der Waals surface area contributed by atoms with E-state index in [-0.39, 0.29) is 5.78 Å². The van der Waals surface area contributed by atoms with Gasteiger partial charge in [0.25, 0.3) is 0 Å². The Balaban J connectivity index is 3.28. The van der Waals surface area contributed by atoms with Crippen molar-refractivity contribution in [2.45, 2.75) is 20.8 Å². The summed E-state index contributed by atoms with van der Waals surface area (Å²) in [6.07, 6.45) is 0. The van der Waals surface area contributed by atoms with Crippen LogP contribution in [0.1, 0.15) is 39.0 Å². The maximum Gasteiger partial charge on any atom is 0.354 e. The number of nitrogens with one attached hydrogen (secondary N) is 1. The first-order valence-corrected chi connectivity index (χ1v) is 4.27. The van der Waals surface area contributed by atoms with Crippen LogP contribution in [0.3, 0.4) is 0 Å². The van der Waals surface area contributed by atoms with Gasteiger partial charge in [0.1, 0.15) is 5.69 Å². The molecule has 1 N–H and O–H groups in total. The summed E-state index contributed by atoms with van der Waals surface area (Å²) in [6.45, 7) is 5.04. The summed E-state index contributed by atoms with van der Waals surface area (Å²) in [5, 5.41) is 0. The van der Waals surface area contributed by atoms with Gasteiger partial charge in [-0.3, -0.25) is 4.79 Å². The number of ketones is 1. The highest BCUT2D eigenvalue weighted by Gasteiger charge is 2.18. The number of H-pyrrole nitrogens is 1. The lowest BCUT2D eigenvalue weighted by Crippen LogP contribution is -2.04. The first-order chi connectivity index (χ1) is 6.49. The summed E-state index contributed by atoms with van der Waals surface area (Å²) in [6, 6.07) is 0. The van der Waals surface area contributed by atoms with Crippen molar-refractivity contribution in [3.8, 4) is 0 Å². The number of methoxy groups -OCH3 is 1. The van der Waals surface area contributed by atoms with Crippen LogP contribution < -0.4 is 0 Å². The Labute approximate surface area is 82.3 Å². The van der Waals surface area contributed by atoms with Gasteiger partial charge in [-0.15, -0.1) is 0 Å². The molecule has 0 bridgehead atoms. The second-order valence-corrected chi connectivity index (χ2v) is 3.17. The molecule has 0 atom stereocenters. The van der Waals surface area contributed by atoms with Crippen LogP contribution >= 0.6 is 0 Å². The zero-order valence-electron chi connectivity index (χ0n) is 8.72. The summed E-state index contributed by atoms with van der Waals surface area (Å²) in [4.78, 5) is 25.2. The minimum absolute atomic E-state index is 0.0826. The molecule has 0 saturated heterocycles. The van der Waals surface area contributed by atoms with Crippen LogP contribution in [-0.4, -0.2) is 23.8 Å². The van der Waals surface area contributed by atoms with Gasteiger partial charge in [-0.1, -0.05) is 0 Å². The molecule has 0 saturated carbocycles. The number of aromatic amines is 1. The predicted octanol–water partition coefficient (Wildman–Crippen LogP) is 1.62. The lowest BCUT2D eigenvalue weighted by Gasteiger charge is -1.96. The highest BCUT2D eigenvalue weighted by atomic mass is 16.5. The van der Waals surface area contributed by atoms with E-state index in [1.807, 2.05) is 0 Å². The third-order valence-electron chi connectivity index (χ3n) is 2.30. The largest absolute Gasteiger partial charge is 0.464 e. The summed E-state index contributed by atoms with van der Waals surface area (Å²) >= 11 is 0. The van der Waals surface area contributed by atoms with Crippen molar-refractivity contribution in [2.75, 3.05) is 7.11 Å². The van der Waals surface area contributed by atoms with E-state index in [4.69, 9.17) is 0 Å². The molecular formula is C10H13NO3. The first-order valence-electron chi connectivity index (χ1n) is 4.27. The van der Waals surface area contributed by atoms with E-state index in [9.17, 15) is 9.59 Å². The second kappa shape index (κ2) is 3.65. The van der Waals surface area contributed by atoms with Crippen LogP contribution in [0.25, 0.3) is 0 Å². The molecule has 1 aromatic rings. The average molecular weight is 195 g/mol. The molecule has 0 unspecified atom stereocenters. The molecule has 0 amide bonds. The van der Waals surface area contributed by atoms with Gasteiger partial charge in [0.05, 0.1) is 12.8 Å². The second-order valence-electron chi connectivity index (χ2n) is 3.17. The van der Waals surface area contributed by atoms with Gasteiger partial charge >= 0.3 is 5.97 Å². The molecular weight excluding hydrogens is 182 g/mol. The van der Waals surface area contributed by atoms with Crippen LogP contribution in [0.4, 0.5) is 0 Å². The molecule has 0 aliphatic rings. The lowest BCUT2D eigenvalue weighted by atomic mass is 10.1. The standard InChI is InChI=1S/C10H13NO3/c1-5-6(2)9(10(13)14-4)11-8(5)7(3)12/h11H,1-4H3. The Morgan fingerprint density at radius 3 is 2.00 bits per heavy atom. The number of carbonyl (C=O) groups excluding carboxylic acids is 2. The van der Waals surface area contributed by atoms with Gasteiger partial charge in [0.15, 0.2) is 5.78 Å². The van der Waals surface area contributed by atoms with Crippen molar-refractivity contribution in [1.82, 2.24) is 4.98 Å². The molecule has 1 rings (SSSR count). The molecule has 0 aliphatic heterocycles. The maximum atomic E-state index is 11.3. The van der Waals surface area contributed by atoms with Gasteiger partial charge < -0.3 is 9.72 Å². The highest BCUT2D eigenvalue weighted by Crippen LogP contribution is 2.18. The van der Waals surface area contributed by atoms with Gasteiger partial charge in [-0.05, 0) is 25.0 Å². The molecule has 0 aromatic carbocycles. The van der Waals surface area contributed by atoms with Gasteiger partial charge in [0, 0.05) is 6.92 Å². The van der Waals surface area contributed by atoms with Crippen LogP contribution in [-0.2, 0) is 4.74 Å². The predicted molar refractivity (Wildman–Crippen MR) is 51.6 cm³/mol. The number of hydrogen-bond donors (Lipinski definition) is 1. The van der Waals surface area contributed by atoms with Gasteiger partial charge in [-0.2, -0.15) is 0 Å². The molecule has 1 heterocycles. The van der Waals surface area contributed by atoms with Crippen LogP contribution in [0.2, 0.25) is 0 Å². The number of hydrogen-bond acceptors (Lipinski definition) is 3. The van der Waals surface area contributed by atoms with Crippen molar-refractivity contribution in [3.05, 3.63) is 22.5 Å². The number of aromatic nitrogens is 1. The van der Waals surface area contributed by atoms with E-state index < -0.39 is 5.97 Å². The molecule has 4 nitrogen and oxygen atoms in total. The summed E-state index contributed by atoms with van der Waals surface area (Å²) < 4.78 is 4.58. The summed E-state index contributed by atoms with van der Waals surface area (Å²) in [7, 11) is 1.31. The number of ether oxygens (including phenoxy) is 1. The Morgan fingerprint density at radius 2 is 1.64 bits per heavy atom. The normalized spacial score (nSPS) is 10.0. The molecule has 76 valence electrons. The van der Waals surface area contributed by atoms with E-state index in [1.165, 1.54) is 14.0 Å². The molecule has 0 fully saturated rings. The van der Waals surface area contributed by atoms with Crippen molar-refractivity contribution >= 4 is 11.8 Å². The molecule has 0 radical (unpaired) electrons. The summed E-state index contributed by atoms with van der Waals surface area (Å²) in [5.74, 6) is -0.529. The fourth-order valence-electron chi connectivity index (χ4n) is 1.35. The van der Waals surface area contributed by atoms with E-state index in [1.54, 1.807) is 13.8 Å². The Hall–Kier alpha value is -1.58. The Morgan fingerprint density at radius 1 is 1.14 bits per heavy atom. The smallest absolute Gasteiger partial charge is 0.354 e. The molecule has 1 aromatic heterocycles. The Bertz CT molecular complexity index is 390. The highest BCUT2D eigenvalue weighted by molar-refractivity contribution is 5.98. The van der Waals surface area contributed by atoms with Gasteiger partial charge in [-0.25, -0.2) is 4.79 Å². The summed E-state index contributed by atoms with van der Waals surface area (Å²) in [5.41, 5.74) is 2.40. The quantitative estimate of drug-likeness (QED) is 0.576. The third kappa shape index (κ3) is 1.55. The van der Waals surface area contributed by atoms with E-state index in [2.05, 4.69) is 9.72 Å². The van der Waals surface area contributed by atoms with Crippen LogP contribution in [0, 0.1) is 13.8 Å². The van der Waals surface area contributed by atoms with E-state index in [0.717, 1.165) is 11.1 Å². The fraction of sp³-hybridized carbons (Fsp3) is 0.400. The van der Waals surface area contributed by atoms with E-state index >= 15 is 0 Å². The first kappa shape index (κ1) is 10.5.